The van der Waals surface area contributed by atoms with Gasteiger partial charge >= 0.3 is 0 Å². The van der Waals surface area contributed by atoms with Crippen molar-refractivity contribution in [2.24, 2.45) is 17.8 Å². The monoisotopic (exact) mass is 361 g/mol. The summed E-state index contributed by atoms with van der Waals surface area (Å²) in [7, 11) is 1.57. The van der Waals surface area contributed by atoms with E-state index >= 15 is 0 Å². The van der Waals surface area contributed by atoms with Gasteiger partial charge in [0.05, 0.1) is 11.5 Å². The van der Waals surface area contributed by atoms with Crippen molar-refractivity contribution in [3.05, 3.63) is 34.5 Å². The lowest BCUT2D eigenvalue weighted by molar-refractivity contribution is 0.0915. The van der Waals surface area contributed by atoms with E-state index in [0.717, 1.165) is 16.5 Å². The Bertz CT molecular complexity index is 802. The van der Waals surface area contributed by atoms with Crippen molar-refractivity contribution >= 4 is 27.3 Å². The number of carbonyl (C=O) groups is 1. The zero-order valence-electron chi connectivity index (χ0n) is 14.7. The Morgan fingerprint density at radius 1 is 1.40 bits per heavy atom. The summed E-state index contributed by atoms with van der Waals surface area (Å²) in [5.74, 6) is 1.82. The molecular weight excluding hydrogens is 337 g/mol. The minimum atomic E-state index is -0.291. The molecule has 0 spiro atoms. The highest BCUT2D eigenvalue weighted by molar-refractivity contribution is 7.21. The molecule has 4 atom stereocenters. The van der Waals surface area contributed by atoms with Gasteiger partial charge in [-0.25, -0.2) is 4.39 Å². The molecule has 5 heteroatoms. The predicted octanol–water partition coefficient (Wildman–Crippen LogP) is 4.74. The van der Waals surface area contributed by atoms with E-state index in [1.54, 1.807) is 13.2 Å². The summed E-state index contributed by atoms with van der Waals surface area (Å²) in [6.45, 7) is 2.36. The fraction of sp³-hybridized carbons (Fsp3) is 0.550. The lowest BCUT2D eigenvalue weighted by atomic mass is 9.84. The Kier molecular flexibility index (Phi) is 4.54. The highest BCUT2D eigenvalue weighted by Gasteiger charge is 2.42. The van der Waals surface area contributed by atoms with Crippen LogP contribution >= 0.6 is 11.3 Å². The zero-order chi connectivity index (χ0) is 17.6. The van der Waals surface area contributed by atoms with Gasteiger partial charge in [0.25, 0.3) is 5.91 Å². The van der Waals surface area contributed by atoms with Gasteiger partial charge in [-0.3, -0.25) is 4.79 Å². The Labute approximate surface area is 151 Å². The largest absolute Gasteiger partial charge is 0.380 e. The number of benzene rings is 1. The van der Waals surface area contributed by atoms with Crippen LogP contribution in [0, 0.1) is 23.6 Å². The molecule has 3 nitrogen and oxygen atoms in total. The number of amides is 1. The normalized spacial score (nSPS) is 26.3. The first-order valence-corrected chi connectivity index (χ1v) is 9.89. The number of methoxy groups -OCH3 is 1. The van der Waals surface area contributed by atoms with E-state index in [4.69, 9.17) is 4.74 Å². The fourth-order valence-electron chi connectivity index (χ4n) is 4.92. The lowest BCUT2D eigenvalue weighted by Crippen LogP contribution is -2.40. The number of rotatable bonds is 5. The van der Waals surface area contributed by atoms with Crippen LogP contribution in [0.5, 0.6) is 0 Å². The first kappa shape index (κ1) is 17.0. The van der Waals surface area contributed by atoms with Crippen molar-refractivity contribution in [3.63, 3.8) is 0 Å². The van der Waals surface area contributed by atoms with Gasteiger partial charge in [-0.1, -0.05) is 12.5 Å². The summed E-state index contributed by atoms with van der Waals surface area (Å²) in [4.78, 5) is 13.5. The van der Waals surface area contributed by atoms with Crippen LogP contribution in [0.1, 0.15) is 47.8 Å². The molecule has 1 aromatic carbocycles. The van der Waals surface area contributed by atoms with Crippen molar-refractivity contribution in [1.82, 2.24) is 5.32 Å². The first-order chi connectivity index (χ1) is 12.1. The Morgan fingerprint density at radius 3 is 2.92 bits per heavy atom. The SMILES string of the molecule is COCc1c(C(=O)NC(C)C2CC3CCC2C3)sc2cccc(F)c12. The van der Waals surface area contributed by atoms with Gasteiger partial charge in [0.15, 0.2) is 0 Å². The molecule has 0 radical (unpaired) electrons. The average molecular weight is 361 g/mol. The molecular formula is C20H24FNO2S. The maximum Gasteiger partial charge on any atom is 0.261 e. The van der Waals surface area contributed by atoms with Gasteiger partial charge < -0.3 is 10.1 Å². The third kappa shape index (κ3) is 2.97. The first-order valence-electron chi connectivity index (χ1n) is 9.08. The van der Waals surface area contributed by atoms with E-state index < -0.39 is 0 Å². The van der Waals surface area contributed by atoms with Crippen molar-refractivity contribution in [3.8, 4) is 0 Å². The van der Waals surface area contributed by atoms with E-state index in [1.807, 2.05) is 6.07 Å². The van der Waals surface area contributed by atoms with Gasteiger partial charge in [0.2, 0.25) is 0 Å². The second-order valence-corrected chi connectivity index (χ2v) is 8.61. The van der Waals surface area contributed by atoms with Gasteiger partial charge in [-0.15, -0.1) is 11.3 Å². The lowest BCUT2D eigenvalue weighted by Gasteiger charge is -2.28. The summed E-state index contributed by atoms with van der Waals surface area (Å²) in [5.41, 5.74) is 0.665. The topological polar surface area (TPSA) is 38.3 Å². The number of hydrogen-bond donors (Lipinski definition) is 1. The molecule has 2 aromatic rings. The Hall–Kier alpha value is -1.46. The molecule has 1 aromatic heterocycles. The molecule has 2 aliphatic carbocycles. The van der Waals surface area contributed by atoms with Crippen LogP contribution in [0.15, 0.2) is 18.2 Å². The molecule has 134 valence electrons. The van der Waals surface area contributed by atoms with Gasteiger partial charge in [0, 0.05) is 28.8 Å². The quantitative estimate of drug-likeness (QED) is 0.835. The summed E-state index contributed by atoms with van der Waals surface area (Å²) in [6.07, 6.45) is 5.22. The standard InChI is InChI=1S/C20H24FNO2S/c1-11(14-9-12-6-7-13(14)8-12)22-20(23)19-15(10-24-2)18-16(21)4-3-5-17(18)25-19/h3-5,11-14H,6-10H2,1-2H3,(H,22,23). The van der Waals surface area contributed by atoms with E-state index in [1.165, 1.54) is 43.1 Å². The Morgan fingerprint density at radius 2 is 2.24 bits per heavy atom. The van der Waals surface area contributed by atoms with Crippen molar-refractivity contribution in [2.75, 3.05) is 7.11 Å². The highest BCUT2D eigenvalue weighted by atomic mass is 32.1. The average Bonchev–Trinajstić information content (AvgIpc) is 3.29. The third-order valence-electron chi connectivity index (χ3n) is 6.05. The minimum absolute atomic E-state index is 0.0945. The van der Waals surface area contributed by atoms with Crippen molar-refractivity contribution < 1.29 is 13.9 Å². The second-order valence-electron chi connectivity index (χ2n) is 7.56. The molecule has 25 heavy (non-hydrogen) atoms. The number of ether oxygens (including phenoxy) is 1. The molecule has 2 saturated carbocycles. The van der Waals surface area contributed by atoms with Crippen molar-refractivity contribution in [2.45, 2.75) is 45.3 Å². The van der Waals surface area contributed by atoms with Crippen LogP contribution in [-0.4, -0.2) is 19.1 Å². The summed E-state index contributed by atoms with van der Waals surface area (Å²) >= 11 is 1.35. The third-order valence-corrected chi connectivity index (χ3v) is 7.25. The van der Waals surface area contributed by atoms with Gasteiger partial charge in [-0.05, 0) is 56.1 Å². The second kappa shape index (κ2) is 6.69. The summed E-state index contributed by atoms with van der Waals surface area (Å²) < 4.78 is 20.3. The zero-order valence-corrected chi connectivity index (χ0v) is 15.5. The van der Waals surface area contributed by atoms with Crippen LogP contribution in [-0.2, 0) is 11.3 Å². The van der Waals surface area contributed by atoms with Gasteiger partial charge in [-0.2, -0.15) is 0 Å². The smallest absolute Gasteiger partial charge is 0.261 e. The van der Waals surface area contributed by atoms with E-state index in [0.29, 0.717) is 21.7 Å². The highest BCUT2D eigenvalue weighted by Crippen LogP contribution is 2.49. The van der Waals surface area contributed by atoms with Crippen LogP contribution in [0.3, 0.4) is 0 Å². The van der Waals surface area contributed by atoms with E-state index in [2.05, 4.69) is 12.2 Å². The molecule has 2 aliphatic rings. The minimum Gasteiger partial charge on any atom is -0.380 e. The molecule has 1 amide bonds. The van der Waals surface area contributed by atoms with Crippen LogP contribution in [0.2, 0.25) is 0 Å². The van der Waals surface area contributed by atoms with Crippen LogP contribution in [0.4, 0.5) is 4.39 Å². The van der Waals surface area contributed by atoms with E-state index in [9.17, 15) is 9.18 Å². The number of thiophene rings is 1. The molecule has 1 heterocycles. The van der Waals surface area contributed by atoms with Crippen molar-refractivity contribution in [1.29, 1.82) is 0 Å². The van der Waals surface area contributed by atoms with Gasteiger partial charge in [0.1, 0.15) is 5.82 Å². The maximum atomic E-state index is 14.3. The summed E-state index contributed by atoms with van der Waals surface area (Å²) in [5, 5.41) is 3.72. The molecule has 1 N–H and O–H groups in total. The van der Waals surface area contributed by atoms with Crippen LogP contribution < -0.4 is 5.32 Å². The molecule has 4 rings (SSSR count). The number of halogens is 1. The summed E-state index contributed by atoms with van der Waals surface area (Å²) in [6, 6.07) is 5.14. The molecule has 0 saturated heterocycles. The number of carbonyl (C=O) groups excluding carboxylic acids is 1. The number of nitrogens with one attached hydrogen (secondary N) is 1. The molecule has 0 aliphatic heterocycles. The van der Waals surface area contributed by atoms with E-state index in [-0.39, 0.29) is 24.4 Å². The molecule has 4 unspecified atom stereocenters. The molecule has 2 fully saturated rings. The maximum absolute atomic E-state index is 14.3. The fourth-order valence-corrected chi connectivity index (χ4v) is 6.04. The van der Waals surface area contributed by atoms with Crippen LogP contribution in [0.25, 0.3) is 10.1 Å². The Balaban J connectivity index is 1.59. The number of hydrogen-bond acceptors (Lipinski definition) is 3. The number of fused-ring (bicyclic) bond motifs is 3. The molecule has 2 bridgehead atoms. The predicted molar refractivity (Wildman–Crippen MR) is 98.4 cm³/mol.